The Morgan fingerprint density at radius 2 is 2.21 bits per heavy atom. The summed E-state index contributed by atoms with van der Waals surface area (Å²) in [4.78, 5) is 3.23. The molecule has 2 nitrogen and oxygen atoms in total. The predicted octanol–water partition coefficient (Wildman–Crippen LogP) is 2.86. The molecule has 0 radical (unpaired) electrons. The zero-order valence-corrected chi connectivity index (χ0v) is 8.43. The first-order valence-corrected chi connectivity index (χ1v) is 5.23. The molecule has 0 amide bonds. The SMILES string of the molecule is Clc1cccc2c(C3CCN3)c[nH]c12. The molecule has 2 N–H and O–H groups in total. The highest BCUT2D eigenvalue weighted by Crippen LogP contribution is 2.32. The minimum absolute atomic E-state index is 0.516. The van der Waals surface area contributed by atoms with Crippen LogP contribution in [0.1, 0.15) is 18.0 Å². The highest BCUT2D eigenvalue weighted by atomic mass is 35.5. The first-order chi connectivity index (χ1) is 6.86. The average molecular weight is 207 g/mol. The fraction of sp³-hybridized carbons (Fsp3) is 0.273. The second-order valence-electron chi connectivity index (χ2n) is 3.70. The quantitative estimate of drug-likeness (QED) is 0.738. The average Bonchev–Trinajstić information content (AvgIpc) is 2.48. The summed E-state index contributed by atoms with van der Waals surface area (Å²) < 4.78 is 0. The van der Waals surface area contributed by atoms with Gasteiger partial charge in [0, 0.05) is 17.6 Å². The van der Waals surface area contributed by atoms with Crippen LogP contribution in [0.15, 0.2) is 24.4 Å². The molecule has 14 heavy (non-hydrogen) atoms. The fourth-order valence-electron chi connectivity index (χ4n) is 1.98. The van der Waals surface area contributed by atoms with E-state index in [1.165, 1.54) is 17.4 Å². The third-order valence-electron chi connectivity index (χ3n) is 2.90. The predicted molar refractivity (Wildman–Crippen MR) is 58.7 cm³/mol. The molecule has 1 atom stereocenters. The summed E-state index contributed by atoms with van der Waals surface area (Å²) in [7, 11) is 0. The number of halogens is 1. The van der Waals surface area contributed by atoms with Crippen LogP contribution in [0.5, 0.6) is 0 Å². The van der Waals surface area contributed by atoms with Gasteiger partial charge in [0.15, 0.2) is 0 Å². The van der Waals surface area contributed by atoms with Crippen LogP contribution in [0, 0.1) is 0 Å². The molecule has 2 heterocycles. The normalized spacial score (nSPS) is 21.1. The molecule has 3 rings (SSSR count). The van der Waals surface area contributed by atoms with Gasteiger partial charge in [0.2, 0.25) is 0 Å². The fourth-order valence-corrected chi connectivity index (χ4v) is 2.21. The highest BCUT2D eigenvalue weighted by Gasteiger charge is 2.21. The van der Waals surface area contributed by atoms with E-state index in [4.69, 9.17) is 11.6 Å². The molecule has 2 aromatic rings. The molecule has 72 valence electrons. The van der Waals surface area contributed by atoms with E-state index in [1.54, 1.807) is 0 Å². The van der Waals surface area contributed by atoms with Gasteiger partial charge < -0.3 is 10.3 Å². The van der Waals surface area contributed by atoms with Gasteiger partial charge in [0.05, 0.1) is 10.5 Å². The number of para-hydroxylation sites is 1. The maximum Gasteiger partial charge on any atom is 0.0647 e. The van der Waals surface area contributed by atoms with Crippen molar-refractivity contribution in [3.05, 3.63) is 35.0 Å². The number of rotatable bonds is 1. The van der Waals surface area contributed by atoms with Crippen LogP contribution in [0.2, 0.25) is 5.02 Å². The molecular weight excluding hydrogens is 196 g/mol. The van der Waals surface area contributed by atoms with Crippen LogP contribution >= 0.6 is 11.6 Å². The highest BCUT2D eigenvalue weighted by molar-refractivity contribution is 6.35. The Kier molecular flexibility index (Phi) is 1.79. The second-order valence-corrected chi connectivity index (χ2v) is 4.11. The molecule has 1 aromatic heterocycles. The Hall–Kier alpha value is -0.990. The first-order valence-electron chi connectivity index (χ1n) is 4.85. The summed E-state index contributed by atoms with van der Waals surface area (Å²) in [5, 5.41) is 5.44. The van der Waals surface area contributed by atoms with Crippen LogP contribution in [0.3, 0.4) is 0 Å². The molecule has 0 saturated carbocycles. The Morgan fingerprint density at radius 3 is 2.93 bits per heavy atom. The van der Waals surface area contributed by atoms with Crippen molar-refractivity contribution in [3.63, 3.8) is 0 Å². The van der Waals surface area contributed by atoms with Crippen LogP contribution in [0.4, 0.5) is 0 Å². The van der Waals surface area contributed by atoms with Crippen LogP contribution in [-0.2, 0) is 0 Å². The van der Waals surface area contributed by atoms with Gasteiger partial charge in [-0.25, -0.2) is 0 Å². The van der Waals surface area contributed by atoms with E-state index in [2.05, 4.69) is 22.6 Å². The van der Waals surface area contributed by atoms with Crippen LogP contribution in [0.25, 0.3) is 10.9 Å². The minimum atomic E-state index is 0.516. The third kappa shape index (κ3) is 1.08. The first kappa shape index (κ1) is 8.33. The lowest BCUT2D eigenvalue weighted by Gasteiger charge is -2.27. The lowest BCUT2D eigenvalue weighted by atomic mass is 9.98. The Balaban J connectivity index is 2.20. The maximum atomic E-state index is 6.08. The third-order valence-corrected chi connectivity index (χ3v) is 3.21. The number of hydrogen-bond donors (Lipinski definition) is 2. The lowest BCUT2D eigenvalue weighted by molar-refractivity contribution is 0.385. The summed E-state index contributed by atoms with van der Waals surface area (Å²) >= 11 is 6.08. The van der Waals surface area contributed by atoms with Gasteiger partial charge in [-0.1, -0.05) is 23.7 Å². The molecule has 0 aliphatic carbocycles. The summed E-state index contributed by atoms with van der Waals surface area (Å²) in [5.41, 5.74) is 2.40. The van der Waals surface area contributed by atoms with Gasteiger partial charge in [-0.15, -0.1) is 0 Å². The number of aromatic amines is 1. The number of hydrogen-bond acceptors (Lipinski definition) is 1. The van der Waals surface area contributed by atoms with E-state index in [0.29, 0.717) is 6.04 Å². The van der Waals surface area contributed by atoms with E-state index in [0.717, 1.165) is 17.1 Å². The molecule has 1 aliphatic rings. The lowest BCUT2D eigenvalue weighted by Crippen LogP contribution is -2.34. The molecule has 3 heteroatoms. The standard InChI is InChI=1S/C11H11ClN2/c12-9-3-1-2-7-8(6-14-11(7)9)10-4-5-13-10/h1-3,6,10,13-14H,4-5H2. The minimum Gasteiger partial charge on any atom is -0.360 e. The second kappa shape index (κ2) is 3.01. The van der Waals surface area contributed by atoms with Crippen molar-refractivity contribution in [3.8, 4) is 0 Å². The Morgan fingerprint density at radius 1 is 1.36 bits per heavy atom. The maximum absolute atomic E-state index is 6.08. The number of benzene rings is 1. The largest absolute Gasteiger partial charge is 0.360 e. The van der Waals surface area contributed by atoms with Gasteiger partial charge in [-0.3, -0.25) is 0 Å². The van der Waals surface area contributed by atoms with Gasteiger partial charge >= 0.3 is 0 Å². The molecular formula is C11H11ClN2. The van der Waals surface area contributed by atoms with Crippen LogP contribution in [-0.4, -0.2) is 11.5 Å². The van der Waals surface area contributed by atoms with Gasteiger partial charge in [0.25, 0.3) is 0 Å². The molecule has 1 saturated heterocycles. The van der Waals surface area contributed by atoms with E-state index in [9.17, 15) is 0 Å². The van der Waals surface area contributed by atoms with Crippen molar-refractivity contribution in [2.24, 2.45) is 0 Å². The van der Waals surface area contributed by atoms with E-state index < -0.39 is 0 Å². The topological polar surface area (TPSA) is 27.8 Å². The van der Waals surface area contributed by atoms with E-state index in [-0.39, 0.29) is 0 Å². The Bertz CT molecular complexity index is 471. The molecule has 0 bridgehead atoms. The van der Waals surface area contributed by atoms with Gasteiger partial charge in [0.1, 0.15) is 0 Å². The van der Waals surface area contributed by atoms with Crippen molar-refractivity contribution in [2.75, 3.05) is 6.54 Å². The zero-order chi connectivity index (χ0) is 9.54. The van der Waals surface area contributed by atoms with Gasteiger partial charge in [-0.05, 0) is 24.6 Å². The molecule has 1 fully saturated rings. The Labute approximate surface area is 87.3 Å². The summed E-state index contributed by atoms with van der Waals surface area (Å²) in [6, 6.07) is 6.55. The van der Waals surface area contributed by atoms with E-state index in [1.807, 2.05) is 12.1 Å². The molecule has 0 spiro atoms. The van der Waals surface area contributed by atoms with Crippen molar-refractivity contribution in [2.45, 2.75) is 12.5 Å². The van der Waals surface area contributed by atoms with Crippen LogP contribution < -0.4 is 5.32 Å². The zero-order valence-electron chi connectivity index (χ0n) is 7.68. The van der Waals surface area contributed by atoms with Crippen molar-refractivity contribution in [1.29, 1.82) is 0 Å². The van der Waals surface area contributed by atoms with E-state index >= 15 is 0 Å². The molecule has 1 aromatic carbocycles. The number of aromatic nitrogens is 1. The van der Waals surface area contributed by atoms with Crippen molar-refractivity contribution >= 4 is 22.5 Å². The summed E-state index contributed by atoms with van der Waals surface area (Å²) in [5.74, 6) is 0. The number of fused-ring (bicyclic) bond motifs is 1. The number of H-pyrrole nitrogens is 1. The monoisotopic (exact) mass is 206 g/mol. The smallest absolute Gasteiger partial charge is 0.0647 e. The molecule has 1 unspecified atom stereocenters. The van der Waals surface area contributed by atoms with Gasteiger partial charge in [-0.2, -0.15) is 0 Å². The van der Waals surface area contributed by atoms with Crippen molar-refractivity contribution in [1.82, 2.24) is 10.3 Å². The summed E-state index contributed by atoms with van der Waals surface area (Å²) in [6.07, 6.45) is 3.28. The van der Waals surface area contributed by atoms with Crippen molar-refractivity contribution < 1.29 is 0 Å². The molecule has 1 aliphatic heterocycles. The summed E-state index contributed by atoms with van der Waals surface area (Å²) in [6.45, 7) is 1.12. The number of nitrogens with one attached hydrogen (secondary N) is 2.